The second-order valence-corrected chi connectivity index (χ2v) is 7.98. The zero-order valence-corrected chi connectivity index (χ0v) is 16.7. The van der Waals surface area contributed by atoms with Gasteiger partial charge in [0.05, 0.1) is 19.1 Å². The van der Waals surface area contributed by atoms with Gasteiger partial charge in [-0.3, -0.25) is 20.4 Å². The lowest BCUT2D eigenvalue weighted by Gasteiger charge is -2.13. The predicted octanol–water partition coefficient (Wildman–Crippen LogP) is 1.03. The Morgan fingerprint density at radius 3 is 1.89 bits per heavy atom. The third-order valence-electron chi connectivity index (χ3n) is 3.78. The maximum atomic E-state index is 12.3. The fourth-order valence-corrected chi connectivity index (χ4v) is 3.15. The SMILES string of the molecule is COc1cc(OC)cc(C(=O)NNC(=O)c2cccc(S(=O)(=O)N(C)C)c2)c1. The lowest BCUT2D eigenvalue weighted by Crippen LogP contribution is -2.41. The molecule has 10 heteroatoms. The van der Waals surface area contributed by atoms with E-state index in [1.807, 2.05) is 0 Å². The molecule has 2 N–H and O–H groups in total. The standard InChI is InChI=1S/C18H21N3O6S/c1-21(2)28(24,25)16-7-5-6-12(10-16)17(22)19-20-18(23)13-8-14(26-3)11-15(9-13)27-4/h5-11H,1-4H3,(H,19,22)(H,20,23). The number of hydrazine groups is 1. The maximum absolute atomic E-state index is 12.3. The molecule has 0 heterocycles. The number of sulfonamides is 1. The largest absolute Gasteiger partial charge is 0.497 e. The zero-order valence-electron chi connectivity index (χ0n) is 15.8. The van der Waals surface area contributed by atoms with Crippen LogP contribution < -0.4 is 20.3 Å². The Bertz CT molecular complexity index is 966. The van der Waals surface area contributed by atoms with E-state index >= 15 is 0 Å². The average Bonchev–Trinajstić information content (AvgIpc) is 2.71. The predicted molar refractivity (Wildman–Crippen MR) is 102 cm³/mol. The lowest BCUT2D eigenvalue weighted by atomic mass is 10.2. The third kappa shape index (κ3) is 4.78. The summed E-state index contributed by atoms with van der Waals surface area (Å²) in [6, 6.07) is 10.1. The van der Waals surface area contributed by atoms with Crippen molar-refractivity contribution in [2.24, 2.45) is 0 Å². The minimum absolute atomic E-state index is 0.0333. The van der Waals surface area contributed by atoms with E-state index in [0.29, 0.717) is 11.5 Å². The third-order valence-corrected chi connectivity index (χ3v) is 5.59. The molecule has 0 spiro atoms. The number of methoxy groups -OCH3 is 2. The summed E-state index contributed by atoms with van der Waals surface area (Å²) in [5.41, 5.74) is 4.81. The normalized spacial score (nSPS) is 11.0. The fraction of sp³-hybridized carbons (Fsp3) is 0.222. The van der Waals surface area contributed by atoms with Gasteiger partial charge in [-0.1, -0.05) is 6.07 Å². The first-order valence-electron chi connectivity index (χ1n) is 8.05. The Morgan fingerprint density at radius 1 is 0.857 bits per heavy atom. The number of carbonyl (C=O) groups excluding carboxylic acids is 2. The van der Waals surface area contributed by atoms with Gasteiger partial charge in [0.15, 0.2) is 0 Å². The van der Waals surface area contributed by atoms with Gasteiger partial charge in [-0.05, 0) is 30.3 Å². The first-order chi connectivity index (χ1) is 13.2. The second kappa shape index (κ2) is 8.72. The Balaban J connectivity index is 2.13. The van der Waals surface area contributed by atoms with E-state index in [4.69, 9.17) is 9.47 Å². The molecular formula is C18H21N3O6S. The minimum atomic E-state index is -3.68. The molecule has 0 fully saturated rings. The van der Waals surface area contributed by atoms with Crippen molar-refractivity contribution in [3.8, 4) is 11.5 Å². The summed E-state index contributed by atoms with van der Waals surface area (Å²) in [4.78, 5) is 24.6. The molecule has 28 heavy (non-hydrogen) atoms. The molecule has 0 bridgehead atoms. The first-order valence-corrected chi connectivity index (χ1v) is 9.49. The van der Waals surface area contributed by atoms with Crippen molar-refractivity contribution in [2.75, 3.05) is 28.3 Å². The molecule has 2 aromatic rings. The highest BCUT2D eigenvalue weighted by Crippen LogP contribution is 2.22. The smallest absolute Gasteiger partial charge is 0.269 e. The van der Waals surface area contributed by atoms with E-state index in [9.17, 15) is 18.0 Å². The number of rotatable bonds is 6. The first kappa shape index (κ1) is 21.2. The van der Waals surface area contributed by atoms with Crippen LogP contribution in [0.25, 0.3) is 0 Å². The van der Waals surface area contributed by atoms with E-state index < -0.39 is 21.8 Å². The van der Waals surface area contributed by atoms with Crippen LogP contribution in [0.4, 0.5) is 0 Å². The van der Waals surface area contributed by atoms with Crippen LogP contribution >= 0.6 is 0 Å². The molecule has 2 rings (SSSR count). The van der Waals surface area contributed by atoms with Crippen LogP contribution in [-0.2, 0) is 10.0 Å². The van der Waals surface area contributed by atoms with E-state index in [1.165, 1.54) is 64.7 Å². The fourth-order valence-electron chi connectivity index (χ4n) is 2.21. The summed E-state index contributed by atoms with van der Waals surface area (Å²) >= 11 is 0. The monoisotopic (exact) mass is 407 g/mol. The average molecular weight is 407 g/mol. The number of hydrogen-bond donors (Lipinski definition) is 2. The number of benzene rings is 2. The number of amides is 2. The van der Waals surface area contributed by atoms with Gasteiger partial charge in [-0.25, -0.2) is 12.7 Å². The van der Waals surface area contributed by atoms with Crippen LogP contribution in [0, 0.1) is 0 Å². The highest BCUT2D eigenvalue weighted by Gasteiger charge is 2.19. The molecule has 0 radical (unpaired) electrons. The highest BCUT2D eigenvalue weighted by atomic mass is 32.2. The van der Waals surface area contributed by atoms with Gasteiger partial charge in [-0.2, -0.15) is 0 Å². The number of nitrogens with one attached hydrogen (secondary N) is 2. The molecule has 9 nitrogen and oxygen atoms in total. The summed E-state index contributed by atoms with van der Waals surface area (Å²) in [6.07, 6.45) is 0. The van der Waals surface area contributed by atoms with Crippen LogP contribution in [0.15, 0.2) is 47.4 Å². The number of hydrogen-bond acceptors (Lipinski definition) is 6. The lowest BCUT2D eigenvalue weighted by molar-refractivity contribution is 0.0846. The van der Waals surface area contributed by atoms with Gasteiger partial charge >= 0.3 is 0 Å². The van der Waals surface area contributed by atoms with Crippen molar-refractivity contribution in [2.45, 2.75) is 4.90 Å². The molecule has 0 aliphatic heterocycles. The molecule has 0 aliphatic rings. The van der Waals surface area contributed by atoms with Gasteiger partial charge in [-0.15, -0.1) is 0 Å². The van der Waals surface area contributed by atoms with Crippen molar-refractivity contribution in [3.05, 3.63) is 53.6 Å². The number of ether oxygens (including phenoxy) is 2. The molecule has 150 valence electrons. The van der Waals surface area contributed by atoms with E-state index in [1.54, 1.807) is 6.07 Å². The minimum Gasteiger partial charge on any atom is -0.497 e. The molecule has 0 atom stereocenters. The summed E-state index contributed by atoms with van der Waals surface area (Å²) < 4.78 is 35.6. The van der Waals surface area contributed by atoms with Crippen LogP contribution in [0.5, 0.6) is 11.5 Å². The quantitative estimate of drug-likeness (QED) is 0.692. The Labute approximate surface area is 163 Å². The van der Waals surface area contributed by atoms with Crippen molar-refractivity contribution < 1.29 is 27.5 Å². The van der Waals surface area contributed by atoms with Crippen molar-refractivity contribution in [1.82, 2.24) is 15.2 Å². The molecule has 0 unspecified atom stereocenters. The van der Waals surface area contributed by atoms with Gasteiger partial charge < -0.3 is 9.47 Å². The molecule has 0 aromatic heterocycles. The van der Waals surface area contributed by atoms with E-state index in [2.05, 4.69) is 10.9 Å². The van der Waals surface area contributed by atoms with Crippen molar-refractivity contribution in [3.63, 3.8) is 0 Å². The van der Waals surface area contributed by atoms with Gasteiger partial charge in [0.2, 0.25) is 10.0 Å². The Kier molecular flexibility index (Phi) is 6.60. The molecule has 2 aromatic carbocycles. The molecular weight excluding hydrogens is 386 g/mol. The second-order valence-electron chi connectivity index (χ2n) is 5.82. The summed E-state index contributed by atoms with van der Waals surface area (Å²) in [5, 5.41) is 0. The zero-order chi connectivity index (χ0) is 20.9. The van der Waals surface area contributed by atoms with Gasteiger partial charge in [0, 0.05) is 31.3 Å². The van der Waals surface area contributed by atoms with Crippen LogP contribution in [0.3, 0.4) is 0 Å². The van der Waals surface area contributed by atoms with Gasteiger partial charge in [0.25, 0.3) is 11.8 Å². The van der Waals surface area contributed by atoms with E-state index in [-0.39, 0.29) is 16.0 Å². The van der Waals surface area contributed by atoms with Crippen LogP contribution in [0.1, 0.15) is 20.7 Å². The molecule has 0 saturated heterocycles. The number of carbonyl (C=O) groups is 2. The molecule has 0 aliphatic carbocycles. The Morgan fingerprint density at radius 2 is 1.39 bits per heavy atom. The topological polar surface area (TPSA) is 114 Å². The Hall–Kier alpha value is -3.11. The van der Waals surface area contributed by atoms with Crippen molar-refractivity contribution in [1.29, 1.82) is 0 Å². The van der Waals surface area contributed by atoms with Crippen LogP contribution in [-0.4, -0.2) is 52.9 Å². The summed E-state index contributed by atoms with van der Waals surface area (Å²) in [6.45, 7) is 0. The van der Waals surface area contributed by atoms with E-state index in [0.717, 1.165) is 4.31 Å². The summed E-state index contributed by atoms with van der Waals surface area (Å²) in [7, 11) is 2.01. The summed E-state index contributed by atoms with van der Waals surface area (Å²) in [5.74, 6) is -0.434. The highest BCUT2D eigenvalue weighted by molar-refractivity contribution is 7.89. The molecule has 2 amide bonds. The number of nitrogens with zero attached hydrogens (tertiary/aromatic N) is 1. The molecule has 0 saturated carbocycles. The van der Waals surface area contributed by atoms with Crippen LogP contribution in [0.2, 0.25) is 0 Å². The van der Waals surface area contributed by atoms with Crippen molar-refractivity contribution >= 4 is 21.8 Å². The van der Waals surface area contributed by atoms with Gasteiger partial charge in [0.1, 0.15) is 11.5 Å². The maximum Gasteiger partial charge on any atom is 0.269 e.